The number of hydrogen-bond donors (Lipinski definition) is 2. The highest BCUT2D eigenvalue weighted by Crippen LogP contribution is 2.28. The lowest BCUT2D eigenvalue weighted by molar-refractivity contribution is -0.116. The van der Waals surface area contributed by atoms with Crippen LogP contribution in [-0.2, 0) is 21.1 Å². The first-order valence-corrected chi connectivity index (χ1v) is 9.07. The van der Waals surface area contributed by atoms with E-state index < -0.39 is 15.1 Å². The molecule has 1 aromatic rings. The van der Waals surface area contributed by atoms with Crippen LogP contribution in [0.4, 0.5) is 5.69 Å². The number of rotatable bonds is 4. The maximum Gasteiger partial charge on any atom is 0.224 e. The van der Waals surface area contributed by atoms with E-state index in [0.717, 1.165) is 29.7 Å². The molecule has 116 valence electrons. The van der Waals surface area contributed by atoms with Crippen LogP contribution in [0.1, 0.15) is 36.9 Å². The van der Waals surface area contributed by atoms with Crippen LogP contribution in [0.3, 0.4) is 0 Å². The van der Waals surface area contributed by atoms with Gasteiger partial charge in [-0.3, -0.25) is 4.79 Å². The van der Waals surface area contributed by atoms with Crippen LogP contribution in [0.5, 0.6) is 0 Å². The third kappa shape index (κ3) is 3.63. The Balaban J connectivity index is 2.36. The fraction of sp³-hybridized carbons (Fsp3) is 0.533. The van der Waals surface area contributed by atoms with Gasteiger partial charge >= 0.3 is 0 Å². The van der Waals surface area contributed by atoms with Crippen LogP contribution >= 0.6 is 0 Å². The summed E-state index contributed by atoms with van der Waals surface area (Å²) >= 11 is 0. The van der Waals surface area contributed by atoms with E-state index in [4.69, 9.17) is 0 Å². The summed E-state index contributed by atoms with van der Waals surface area (Å²) in [6.07, 6.45) is 3.42. The van der Waals surface area contributed by atoms with Crippen LogP contribution in [-0.4, -0.2) is 32.9 Å². The molecule has 2 rings (SSSR count). The number of carbonyl (C=O) groups excluding carboxylic acids is 1. The van der Waals surface area contributed by atoms with E-state index in [-0.39, 0.29) is 11.9 Å². The number of sulfone groups is 1. The molecular weight excluding hydrogens is 288 g/mol. The first-order valence-electron chi connectivity index (χ1n) is 7.11. The smallest absolute Gasteiger partial charge is 0.224 e. The molecule has 2 N–H and O–H groups in total. The third-order valence-electron chi connectivity index (χ3n) is 4.07. The molecule has 5 nitrogen and oxygen atoms in total. The lowest BCUT2D eigenvalue weighted by atomic mass is 9.98. The third-order valence-corrected chi connectivity index (χ3v) is 5.69. The summed E-state index contributed by atoms with van der Waals surface area (Å²) in [5.74, 6) is 0.0381. The van der Waals surface area contributed by atoms with Crippen molar-refractivity contribution in [2.75, 3.05) is 18.6 Å². The predicted octanol–water partition coefficient (Wildman–Crippen LogP) is 1.65. The van der Waals surface area contributed by atoms with Gasteiger partial charge < -0.3 is 10.6 Å². The first-order chi connectivity index (χ1) is 9.82. The van der Waals surface area contributed by atoms with Crippen LogP contribution in [0.2, 0.25) is 0 Å². The van der Waals surface area contributed by atoms with Gasteiger partial charge in [-0.1, -0.05) is 12.1 Å². The maximum atomic E-state index is 11.8. The molecule has 0 aromatic heterocycles. The van der Waals surface area contributed by atoms with Crippen molar-refractivity contribution < 1.29 is 13.2 Å². The normalized spacial score (nSPS) is 18.3. The molecule has 21 heavy (non-hydrogen) atoms. The number of benzene rings is 1. The van der Waals surface area contributed by atoms with Gasteiger partial charge in [0.1, 0.15) is 0 Å². The molecule has 0 saturated heterocycles. The summed E-state index contributed by atoms with van der Waals surface area (Å²) in [6.45, 7) is 1.71. The van der Waals surface area contributed by atoms with E-state index in [2.05, 4.69) is 10.6 Å². The molecular formula is C15H22N2O3S. The van der Waals surface area contributed by atoms with Gasteiger partial charge in [0.15, 0.2) is 9.84 Å². The monoisotopic (exact) mass is 310 g/mol. The number of fused-ring (bicyclic) bond motifs is 1. The molecule has 2 unspecified atom stereocenters. The standard InChI is InChI=1S/C15H22N2O3S/c1-10(21(3,19)20)15(16-2)12-7-8-13-11(9-12)5-4-6-14(18)17-13/h7-10,15-16H,4-6H2,1-3H3,(H,17,18). The molecule has 1 amide bonds. The second-order valence-electron chi connectivity index (χ2n) is 5.62. The highest BCUT2D eigenvalue weighted by Gasteiger charge is 2.26. The number of amides is 1. The van der Waals surface area contributed by atoms with E-state index in [1.807, 2.05) is 18.2 Å². The van der Waals surface area contributed by atoms with Crippen molar-refractivity contribution in [2.24, 2.45) is 0 Å². The van der Waals surface area contributed by atoms with Crippen molar-refractivity contribution in [1.29, 1.82) is 0 Å². The Kier molecular flexibility index (Phi) is 4.68. The number of anilines is 1. The lowest BCUT2D eigenvalue weighted by Gasteiger charge is -2.23. The van der Waals surface area contributed by atoms with Gasteiger partial charge in [-0.25, -0.2) is 8.42 Å². The van der Waals surface area contributed by atoms with Crippen molar-refractivity contribution in [3.05, 3.63) is 29.3 Å². The molecule has 1 aliphatic rings. The zero-order valence-electron chi connectivity index (χ0n) is 12.6. The van der Waals surface area contributed by atoms with Crippen LogP contribution < -0.4 is 10.6 Å². The van der Waals surface area contributed by atoms with Crippen molar-refractivity contribution in [3.63, 3.8) is 0 Å². The summed E-state index contributed by atoms with van der Waals surface area (Å²) in [4.78, 5) is 11.6. The Morgan fingerprint density at radius 1 is 1.29 bits per heavy atom. The zero-order chi connectivity index (χ0) is 15.6. The van der Waals surface area contributed by atoms with Crippen LogP contribution in [0.15, 0.2) is 18.2 Å². The molecule has 1 aromatic carbocycles. The number of aryl methyl sites for hydroxylation is 1. The van der Waals surface area contributed by atoms with E-state index in [1.165, 1.54) is 6.26 Å². The molecule has 0 saturated carbocycles. The van der Waals surface area contributed by atoms with E-state index in [0.29, 0.717) is 6.42 Å². The fourth-order valence-corrected chi connectivity index (χ4v) is 3.50. The van der Waals surface area contributed by atoms with Gasteiger partial charge in [-0.2, -0.15) is 0 Å². The molecule has 2 atom stereocenters. The Morgan fingerprint density at radius 2 is 2.00 bits per heavy atom. The summed E-state index contributed by atoms with van der Waals surface area (Å²) in [5.41, 5.74) is 2.84. The van der Waals surface area contributed by atoms with E-state index in [1.54, 1.807) is 14.0 Å². The minimum Gasteiger partial charge on any atom is -0.326 e. The summed E-state index contributed by atoms with van der Waals surface area (Å²) in [7, 11) is -1.37. The molecule has 0 fully saturated rings. The van der Waals surface area contributed by atoms with Crippen LogP contribution in [0.25, 0.3) is 0 Å². The highest BCUT2D eigenvalue weighted by molar-refractivity contribution is 7.91. The predicted molar refractivity (Wildman–Crippen MR) is 84.1 cm³/mol. The van der Waals surface area contributed by atoms with Gasteiger partial charge in [-0.15, -0.1) is 0 Å². The Hall–Kier alpha value is -1.40. The van der Waals surface area contributed by atoms with Gasteiger partial charge in [0, 0.05) is 24.4 Å². The molecule has 1 heterocycles. The van der Waals surface area contributed by atoms with Crippen LogP contribution in [0, 0.1) is 0 Å². The minimum atomic E-state index is -3.13. The SMILES string of the molecule is CNC(c1ccc2c(c1)CCCC(=O)N2)C(C)S(C)(=O)=O. The van der Waals surface area contributed by atoms with Gasteiger partial charge in [0.2, 0.25) is 5.91 Å². The van der Waals surface area contributed by atoms with Gasteiger partial charge in [0.25, 0.3) is 0 Å². The molecule has 6 heteroatoms. The highest BCUT2D eigenvalue weighted by atomic mass is 32.2. The zero-order valence-corrected chi connectivity index (χ0v) is 13.5. The average molecular weight is 310 g/mol. The molecule has 0 radical (unpaired) electrons. The molecule has 1 aliphatic heterocycles. The second kappa shape index (κ2) is 6.15. The summed E-state index contributed by atoms with van der Waals surface area (Å²) in [6, 6.07) is 5.49. The first kappa shape index (κ1) is 16.0. The summed E-state index contributed by atoms with van der Waals surface area (Å²) in [5, 5.41) is 5.46. The number of carbonyl (C=O) groups is 1. The topological polar surface area (TPSA) is 75.3 Å². The molecule has 0 bridgehead atoms. The van der Waals surface area contributed by atoms with Gasteiger partial charge in [-0.05, 0) is 44.0 Å². The maximum absolute atomic E-state index is 11.8. The minimum absolute atomic E-state index is 0.0381. The van der Waals surface area contributed by atoms with E-state index >= 15 is 0 Å². The number of hydrogen-bond acceptors (Lipinski definition) is 4. The van der Waals surface area contributed by atoms with E-state index in [9.17, 15) is 13.2 Å². The van der Waals surface area contributed by atoms with Crippen molar-refractivity contribution in [3.8, 4) is 0 Å². The van der Waals surface area contributed by atoms with Crippen molar-refractivity contribution >= 4 is 21.4 Å². The second-order valence-corrected chi connectivity index (χ2v) is 8.02. The number of nitrogens with one attached hydrogen (secondary N) is 2. The lowest BCUT2D eigenvalue weighted by Crippen LogP contribution is -2.33. The largest absolute Gasteiger partial charge is 0.326 e. The Labute approximate surface area is 126 Å². The fourth-order valence-electron chi connectivity index (χ4n) is 2.71. The average Bonchev–Trinajstić information content (AvgIpc) is 2.58. The van der Waals surface area contributed by atoms with Gasteiger partial charge in [0.05, 0.1) is 5.25 Å². The Bertz CT molecular complexity index is 640. The van der Waals surface area contributed by atoms with Crippen molar-refractivity contribution in [2.45, 2.75) is 37.5 Å². The quantitative estimate of drug-likeness (QED) is 0.887. The van der Waals surface area contributed by atoms with Crippen molar-refractivity contribution in [1.82, 2.24) is 5.32 Å². The Morgan fingerprint density at radius 3 is 2.62 bits per heavy atom. The summed E-state index contributed by atoms with van der Waals surface area (Å²) < 4.78 is 23.6. The molecule has 0 spiro atoms. The molecule has 0 aliphatic carbocycles.